The number of thiazole rings is 1. The number of nitrogens with zero attached hydrogens (tertiary/aromatic N) is 3. The third-order valence-electron chi connectivity index (χ3n) is 5.22. The molecule has 0 saturated heterocycles. The smallest absolute Gasteiger partial charge is 0.203 e. The van der Waals surface area contributed by atoms with Crippen LogP contribution in [0.15, 0.2) is 52.6 Å². The zero-order valence-electron chi connectivity index (χ0n) is 19.2. The Hall–Kier alpha value is -4.05. The minimum atomic E-state index is 0.0441. The predicted molar refractivity (Wildman–Crippen MR) is 132 cm³/mol. The molecule has 0 aliphatic carbocycles. The number of hydrogen-bond acceptors (Lipinski definition) is 9. The fourth-order valence-corrected chi connectivity index (χ4v) is 4.38. The van der Waals surface area contributed by atoms with Crippen LogP contribution in [0.1, 0.15) is 10.6 Å². The van der Waals surface area contributed by atoms with E-state index in [-0.39, 0.29) is 18.1 Å². The summed E-state index contributed by atoms with van der Waals surface area (Å²) in [7, 11) is 6.23. The molecule has 3 aromatic rings. The fraction of sp³-hybridized carbons (Fsp3) is 0.208. The molecular formula is C24H24N4O5S. The second-order valence-electron chi connectivity index (χ2n) is 7.20. The summed E-state index contributed by atoms with van der Waals surface area (Å²) in [6, 6.07) is 11.1. The van der Waals surface area contributed by atoms with E-state index in [1.54, 1.807) is 25.5 Å². The first-order valence-corrected chi connectivity index (χ1v) is 11.1. The van der Waals surface area contributed by atoms with Crippen LogP contribution >= 0.6 is 11.3 Å². The second-order valence-corrected chi connectivity index (χ2v) is 8.06. The molecule has 2 N–H and O–H groups in total. The van der Waals surface area contributed by atoms with Gasteiger partial charge in [0.1, 0.15) is 23.1 Å². The van der Waals surface area contributed by atoms with E-state index < -0.39 is 0 Å². The van der Waals surface area contributed by atoms with Gasteiger partial charge in [-0.25, -0.2) is 9.99 Å². The Balaban J connectivity index is 1.54. The van der Waals surface area contributed by atoms with Gasteiger partial charge in [-0.2, -0.15) is 5.10 Å². The molecule has 0 saturated carbocycles. The minimum Gasteiger partial charge on any atom is -0.509 e. The van der Waals surface area contributed by atoms with E-state index in [9.17, 15) is 5.11 Å². The summed E-state index contributed by atoms with van der Waals surface area (Å²) >= 11 is 1.36. The second kappa shape index (κ2) is 9.84. The van der Waals surface area contributed by atoms with Crippen molar-refractivity contribution in [1.82, 2.24) is 9.99 Å². The maximum absolute atomic E-state index is 10.6. The normalized spacial score (nSPS) is 13.6. The van der Waals surface area contributed by atoms with Gasteiger partial charge in [0.15, 0.2) is 17.3 Å². The Kier molecular flexibility index (Phi) is 6.69. The van der Waals surface area contributed by atoms with Crippen molar-refractivity contribution in [2.24, 2.45) is 5.10 Å². The Morgan fingerprint density at radius 2 is 1.71 bits per heavy atom. The Labute approximate surface area is 201 Å². The highest BCUT2D eigenvalue weighted by Gasteiger charge is 2.30. The quantitative estimate of drug-likeness (QED) is 0.459. The summed E-state index contributed by atoms with van der Waals surface area (Å²) in [5, 5.41) is 27.4. The van der Waals surface area contributed by atoms with Gasteiger partial charge < -0.3 is 24.1 Å². The zero-order chi connectivity index (χ0) is 24.2. The van der Waals surface area contributed by atoms with Crippen molar-refractivity contribution in [3.05, 3.63) is 58.1 Å². The van der Waals surface area contributed by atoms with Gasteiger partial charge in [-0.05, 0) is 36.4 Å². The molecule has 9 nitrogen and oxygen atoms in total. The summed E-state index contributed by atoms with van der Waals surface area (Å²) in [6.45, 7) is 0.0759. The maximum Gasteiger partial charge on any atom is 0.203 e. The molecule has 1 aliphatic heterocycles. The number of benzene rings is 2. The molecule has 0 bridgehead atoms. The Bertz CT molecular complexity index is 1240. The highest BCUT2D eigenvalue weighted by molar-refractivity contribution is 7.11. The highest BCUT2D eigenvalue weighted by Crippen LogP contribution is 2.38. The molecule has 1 aliphatic rings. The Morgan fingerprint density at radius 1 is 1.03 bits per heavy atom. The lowest BCUT2D eigenvalue weighted by Crippen LogP contribution is -2.20. The lowest BCUT2D eigenvalue weighted by molar-refractivity contribution is 0.324. The first kappa shape index (κ1) is 23.1. The van der Waals surface area contributed by atoms with E-state index in [0.717, 1.165) is 17.0 Å². The molecule has 0 fully saturated rings. The van der Waals surface area contributed by atoms with Crippen LogP contribution in [0, 0.1) is 5.41 Å². The van der Waals surface area contributed by atoms with Crippen LogP contribution in [0.25, 0.3) is 16.8 Å². The van der Waals surface area contributed by atoms with Gasteiger partial charge in [0.2, 0.25) is 5.75 Å². The number of amidine groups is 1. The molecule has 10 heteroatoms. The summed E-state index contributed by atoms with van der Waals surface area (Å²) < 4.78 is 21.3. The van der Waals surface area contributed by atoms with Crippen molar-refractivity contribution in [3.8, 4) is 34.3 Å². The number of aliphatic hydroxyl groups is 1. The van der Waals surface area contributed by atoms with Gasteiger partial charge in [0.25, 0.3) is 0 Å². The van der Waals surface area contributed by atoms with Crippen LogP contribution in [0.4, 0.5) is 0 Å². The molecule has 0 atom stereocenters. The number of ether oxygens (including phenoxy) is 4. The number of hydrogen-bond donors (Lipinski definition) is 2. The summed E-state index contributed by atoms with van der Waals surface area (Å²) in [5.41, 5.74) is 2.73. The van der Waals surface area contributed by atoms with E-state index in [1.165, 1.54) is 37.7 Å². The van der Waals surface area contributed by atoms with Crippen LogP contribution in [0.5, 0.6) is 23.0 Å². The molecular weight excluding hydrogens is 456 g/mol. The molecule has 0 spiro atoms. The maximum atomic E-state index is 10.6. The van der Waals surface area contributed by atoms with Crippen LogP contribution < -0.4 is 18.9 Å². The first-order valence-electron chi connectivity index (χ1n) is 10.2. The molecule has 4 rings (SSSR count). The van der Waals surface area contributed by atoms with Gasteiger partial charge in [-0.15, -0.1) is 11.3 Å². The number of hydrazone groups is 1. The van der Waals surface area contributed by atoms with Crippen LogP contribution in [0.2, 0.25) is 0 Å². The molecule has 1 aromatic heterocycles. The lowest BCUT2D eigenvalue weighted by atomic mass is 10.1. The van der Waals surface area contributed by atoms with Crippen LogP contribution in [0.3, 0.4) is 0 Å². The molecule has 2 heterocycles. The van der Waals surface area contributed by atoms with E-state index >= 15 is 0 Å². The molecule has 2 aromatic carbocycles. The monoisotopic (exact) mass is 480 g/mol. The largest absolute Gasteiger partial charge is 0.509 e. The van der Waals surface area contributed by atoms with Gasteiger partial charge in [0, 0.05) is 16.5 Å². The minimum absolute atomic E-state index is 0.0441. The van der Waals surface area contributed by atoms with Gasteiger partial charge in [0.05, 0.1) is 45.9 Å². The zero-order valence-corrected chi connectivity index (χ0v) is 20.0. The number of aliphatic hydroxyl groups excluding tert-OH is 1. The van der Waals surface area contributed by atoms with E-state index in [0.29, 0.717) is 33.4 Å². The SMILES string of the molecule is COc1ccc(-c2csc(C3=C(O)CN(/N=C/c4cc(OC)c(OC)c(OC)c4)C3=N)n2)cc1. The summed E-state index contributed by atoms with van der Waals surface area (Å²) in [5.74, 6) is 2.34. The predicted octanol–water partition coefficient (Wildman–Crippen LogP) is 4.44. The first-order chi connectivity index (χ1) is 16.5. The van der Waals surface area contributed by atoms with Gasteiger partial charge in [-0.1, -0.05) is 0 Å². The Morgan fingerprint density at radius 3 is 2.29 bits per heavy atom. The lowest BCUT2D eigenvalue weighted by Gasteiger charge is -2.14. The van der Waals surface area contributed by atoms with Crippen molar-refractivity contribution < 1.29 is 24.1 Å². The summed E-state index contributed by atoms with van der Waals surface area (Å²) in [6.07, 6.45) is 1.57. The number of rotatable bonds is 8. The third kappa shape index (κ3) is 4.40. The van der Waals surface area contributed by atoms with Crippen molar-refractivity contribution in [2.45, 2.75) is 0 Å². The van der Waals surface area contributed by atoms with Crippen LogP contribution in [-0.4, -0.2) is 62.1 Å². The number of methoxy groups -OCH3 is 4. The van der Waals surface area contributed by atoms with Crippen LogP contribution in [-0.2, 0) is 0 Å². The van der Waals surface area contributed by atoms with Crippen molar-refractivity contribution >= 4 is 29.0 Å². The van der Waals surface area contributed by atoms with Gasteiger partial charge >= 0.3 is 0 Å². The molecule has 0 amide bonds. The molecule has 0 radical (unpaired) electrons. The third-order valence-corrected chi connectivity index (χ3v) is 6.08. The standard InChI is InChI=1S/C24H24N4O5S/c1-30-16-7-5-15(6-8-16)17-13-34-24(27-17)21-18(29)12-28(23(21)25)26-11-14-9-19(31-2)22(33-4)20(10-14)32-3/h5-11,13,25,29H,12H2,1-4H3/b25-23?,26-11+. The summed E-state index contributed by atoms with van der Waals surface area (Å²) in [4.78, 5) is 4.63. The molecule has 0 unspecified atom stereocenters. The van der Waals surface area contributed by atoms with E-state index in [4.69, 9.17) is 24.4 Å². The van der Waals surface area contributed by atoms with E-state index in [2.05, 4.69) is 10.1 Å². The highest BCUT2D eigenvalue weighted by atomic mass is 32.1. The van der Waals surface area contributed by atoms with Crippen molar-refractivity contribution in [2.75, 3.05) is 35.0 Å². The average molecular weight is 481 g/mol. The van der Waals surface area contributed by atoms with E-state index in [1.807, 2.05) is 29.6 Å². The topological polar surface area (TPSA) is 109 Å². The van der Waals surface area contributed by atoms with Crippen molar-refractivity contribution in [1.29, 1.82) is 5.41 Å². The van der Waals surface area contributed by atoms with Gasteiger partial charge in [-0.3, -0.25) is 5.41 Å². The average Bonchev–Trinajstić information content (AvgIpc) is 3.45. The molecule has 34 heavy (non-hydrogen) atoms. The number of nitrogens with one attached hydrogen (secondary N) is 1. The fourth-order valence-electron chi connectivity index (χ4n) is 3.48. The van der Waals surface area contributed by atoms with Crippen molar-refractivity contribution in [3.63, 3.8) is 0 Å². The molecule has 176 valence electrons. The number of aromatic nitrogens is 1.